The molecule has 74 heavy (non-hydrogen) atoms. The van der Waals surface area contributed by atoms with E-state index in [-0.39, 0.29) is 110 Å². The molecule has 25 heteroatoms. The fourth-order valence-corrected chi connectivity index (χ4v) is 11.1. The van der Waals surface area contributed by atoms with Crippen LogP contribution in [0.3, 0.4) is 0 Å². The maximum absolute atomic E-state index is 13.9. The number of carbonyl (C=O) groups excluding carboxylic acids is 1. The molecule has 2 aromatic carbocycles. The van der Waals surface area contributed by atoms with Gasteiger partial charge in [-0.2, -0.15) is 13.1 Å². The van der Waals surface area contributed by atoms with Crippen LogP contribution in [0.1, 0.15) is 47.0 Å². The van der Waals surface area contributed by atoms with Gasteiger partial charge in [-0.3, -0.25) is 48.1 Å². The number of anilines is 1. The van der Waals surface area contributed by atoms with E-state index in [1.807, 2.05) is 52.0 Å². The van der Waals surface area contributed by atoms with Crippen LogP contribution >= 0.6 is 0 Å². The average molecular weight is 1070 g/mol. The fraction of sp³-hybridized carbons (Fsp3) is 0.510. The molecule has 406 valence electrons. The molecule has 1 unspecified atom stereocenters. The Bertz CT molecular complexity index is 2870. The second-order valence-electron chi connectivity index (χ2n) is 18.0. The van der Waals surface area contributed by atoms with E-state index in [1.54, 1.807) is 31.7 Å². The summed E-state index contributed by atoms with van der Waals surface area (Å²) in [5, 5.41) is 42.6. The first-order valence-corrected chi connectivity index (χ1v) is 27.5. The standard InChI is InChI=1S/C49H68N8O15S2/c1-5-56(6-2)34-12-15-37-41(27-34)72-42-28-35(57(7-3)8-4)13-16-38(42)48(37)39-17-14-36(29-43(39)74(69,70)71)73(67,68)51-40(49(65)66)11-9-10-18-50-44(58)30-52-19-21-53(31-45(59)60)23-25-55(33-47(63)64)26-24-54(22-20-52)32-46(61)62/h12-17,27-29,40,51H,5-11,18-26,30-33H2,1-4H3,(H5-,50,58,59,60,61,62,63,64,65,66,69,70,71)/p+1. The summed E-state index contributed by atoms with van der Waals surface area (Å²) < 4.78 is 75.7. The molecule has 1 saturated heterocycles. The topological polar surface area (TPSA) is 311 Å². The Kier molecular flexibility index (Phi) is 21.4. The number of nitrogens with one attached hydrogen (secondary N) is 2. The van der Waals surface area contributed by atoms with Gasteiger partial charge in [-0.25, -0.2) is 13.0 Å². The Hall–Kier alpha value is -6.06. The molecule has 7 N–H and O–H groups in total. The predicted molar refractivity (Wildman–Crippen MR) is 275 cm³/mol. The number of nitrogens with zero attached hydrogens (tertiary/aromatic N) is 6. The number of fused-ring (bicyclic) bond motifs is 2. The minimum absolute atomic E-state index is 0.0188. The number of sulfonamides is 1. The van der Waals surface area contributed by atoms with Gasteiger partial charge in [0.1, 0.15) is 35.4 Å². The summed E-state index contributed by atoms with van der Waals surface area (Å²) in [6.45, 7) is 11.5. The molecule has 5 rings (SSSR count). The van der Waals surface area contributed by atoms with Gasteiger partial charge in [-0.05, 0) is 77.3 Å². The molecule has 2 aromatic rings. The van der Waals surface area contributed by atoms with Crippen molar-refractivity contribution < 1.29 is 70.2 Å². The third kappa shape index (κ3) is 16.5. The summed E-state index contributed by atoms with van der Waals surface area (Å²) in [6.07, 6.45) is 0.124. The highest BCUT2D eigenvalue weighted by Crippen LogP contribution is 2.43. The highest BCUT2D eigenvalue weighted by molar-refractivity contribution is 7.89. The SMILES string of the molecule is CCN(CC)c1ccc2c(-c3ccc(S(=O)(=O)NC(CCCCNC(=O)CN4CCN(CC(=O)O)CCN(CC(=O)O)CCN(CC(=O)O)CC4)C(=O)O)cc3S(=O)(=O)O)c3ccc(=[N+](CC)CC)cc-3oc2c1. The van der Waals surface area contributed by atoms with Crippen LogP contribution in [0.5, 0.6) is 0 Å². The first kappa shape index (κ1) is 58.8. The van der Waals surface area contributed by atoms with E-state index in [0.29, 0.717) is 54.0 Å². The minimum atomic E-state index is -5.13. The summed E-state index contributed by atoms with van der Waals surface area (Å²) in [5.74, 6) is -4.78. The summed E-state index contributed by atoms with van der Waals surface area (Å²) in [6, 6.07) is 12.5. The van der Waals surface area contributed by atoms with Gasteiger partial charge < -0.3 is 35.1 Å². The summed E-state index contributed by atoms with van der Waals surface area (Å²) in [7, 11) is -9.87. The van der Waals surface area contributed by atoms with Crippen LogP contribution in [-0.4, -0.2) is 209 Å². The van der Waals surface area contributed by atoms with Crippen LogP contribution in [0.2, 0.25) is 0 Å². The van der Waals surface area contributed by atoms with Gasteiger partial charge in [-0.1, -0.05) is 6.07 Å². The molecule has 0 bridgehead atoms. The predicted octanol–water partition coefficient (Wildman–Crippen LogP) is 1.60. The van der Waals surface area contributed by atoms with Crippen molar-refractivity contribution in [2.24, 2.45) is 0 Å². The number of hydrogen-bond donors (Lipinski definition) is 7. The Morgan fingerprint density at radius 2 is 1.20 bits per heavy atom. The number of carboxylic acids is 4. The van der Waals surface area contributed by atoms with Crippen LogP contribution in [0.15, 0.2) is 68.8 Å². The quantitative estimate of drug-likeness (QED) is 0.0227. The number of unbranched alkanes of at least 4 members (excludes halogenated alkanes) is 1. The molecular weight excluding hydrogens is 1000 g/mol. The normalized spacial score (nSPS) is 15.5. The van der Waals surface area contributed by atoms with E-state index in [2.05, 4.69) is 19.5 Å². The van der Waals surface area contributed by atoms with Gasteiger partial charge >= 0.3 is 23.9 Å². The van der Waals surface area contributed by atoms with Gasteiger partial charge in [0.25, 0.3) is 10.1 Å². The zero-order valence-corrected chi connectivity index (χ0v) is 43.9. The molecule has 1 aliphatic carbocycles. The van der Waals surface area contributed by atoms with Gasteiger partial charge in [-0.15, -0.1) is 0 Å². The van der Waals surface area contributed by atoms with E-state index in [9.17, 15) is 65.8 Å². The van der Waals surface area contributed by atoms with Crippen LogP contribution in [0, 0.1) is 0 Å². The Balaban J connectivity index is 1.31. The Labute approximate surface area is 430 Å². The van der Waals surface area contributed by atoms with Crippen LogP contribution in [0.4, 0.5) is 5.69 Å². The van der Waals surface area contributed by atoms with Crippen molar-refractivity contribution in [2.75, 3.05) is 116 Å². The number of benzene rings is 3. The lowest BCUT2D eigenvalue weighted by Gasteiger charge is -2.32. The minimum Gasteiger partial charge on any atom is -0.480 e. The summed E-state index contributed by atoms with van der Waals surface area (Å²) in [4.78, 5) is 67.8. The number of carboxylic acid groups (broad SMARTS) is 4. The highest BCUT2D eigenvalue weighted by Gasteiger charge is 2.30. The van der Waals surface area contributed by atoms with Crippen molar-refractivity contribution in [3.05, 3.63) is 60.0 Å². The molecule has 0 spiro atoms. The number of amides is 1. The van der Waals surface area contributed by atoms with Gasteiger partial charge in [0.15, 0.2) is 0 Å². The zero-order chi connectivity index (χ0) is 54.3. The molecule has 23 nitrogen and oxygen atoms in total. The maximum Gasteiger partial charge on any atom is 0.321 e. The average Bonchev–Trinajstić information content (AvgIpc) is 3.33. The molecule has 0 aromatic heterocycles. The zero-order valence-electron chi connectivity index (χ0n) is 42.2. The molecule has 1 atom stereocenters. The summed E-state index contributed by atoms with van der Waals surface area (Å²) >= 11 is 0. The number of carbonyl (C=O) groups is 5. The number of rotatable bonds is 24. The van der Waals surface area contributed by atoms with E-state index in [4.69, 9.17) is 4.42 Å². The lowest BCUT2D eigenvalue weighted by atomic mass is 9.93. The van der Waals surface area contributed by atoms with Crippen LogP contribution < -0.4 is 24.9 Å². The smallest absolute Gasteiger partial charge is 0.321 e. The molecule has 3 aliphatic rings. The third-order valence-corrected chi connectivity index (χ3v) is 15.3. The van der Waals surface area contributed by atoms with E-state index < -0.39 is 65.8 Å². The van der Waals surface area contributed by atoms with Crippen molar-refractivity contribution in [1.82, 2.24) is 34.2 Å². The Morgan fingerprint density at radius 3 is 1.69 bits per heavy atom. The second-order valence-corrected chi connectivity index (χ2v) is 21.1. The van der Waals surface area contributed by atoms with Gasteiger partial charge in [0.2, 0.25) is 21.3 Å². The molecule has 2 heterocycles. The lowest BCUT2D eigenvalue weighted by molar-refractivity contribution is -0.140. The molecular formula is C49H69N8O15S2+. The monoisotopic (exact) mass is 1070 g/mol. The first-order valence-electron chi connectivity index (χ1n) is 24.6. The molecule has 1 amide bonds. The van der Waals surface area contributed by atoms with Gasteiger partial charge in [0, 0.05) is 112 Å². The fourth-order valence-electron chi connectivity index (χ4n) is 9.05. The Morgan fingerprint density at radius 1 is 0.676 bits per heavy atom. The van der Waals surface area contributed by atoms with Crippen LogP contribution in [-0.2, 0) is 44.1 Å². The van der Waals surface area contributed by atoms with Crippen molar-refractivity contribution >= 4 is 66.6 Å². The highest BCUT2D eigenvalue weighted by atomic mass is 32.2. The largest absolute Gasteiger partial charge is 0.480 e. The second kappa shape index (κ2) is 26.9. The van der Waals surface area contributed by atoms with Crippen molar-refractivity contribution in [3.8, 4) is 22.5 Å². The molecule has 0 radical (unpaired) electrons. The first-order chi connectivity index (χ1) is 35.1. The third-order valence-electron chi connectivity index (χ3n) is 13.0. The van der Waals surface area contributed by atoms with E-state index in [0.717, 1.165) is 23.2 Å². The van der Waals surface area contributed by atoms with Gasteiger partial charge in [0.05, 0.1) is 37.1 Å². The maximum atomic E-state index is 13.9. The number of aliphatic carboxylic acids is 4. The van der Waals surface area contributed by atoms with Crippen molar-refractivity contribution in [2.45, 2.75) is 62.8 Å². The van der Waals surface area contributed by atoms with E-state index in [1.165, 1.54) is 6.07 Å². The van der Waals surface area contributed by atoms with Crippen molar-refractivity contribution in [3.63, 3.8) is 0 Å². The lowest BCUT2D eigenvalue weighted by Crippen LogP contribution is -2.49. The van der Waals surface area contributed by atoms with Crippen molar-refractivity contribution in [1.29, 1.82) is 0 Å². The molecule has 2 aliphatic heterocycles. The van der Waals surface area contributed by atoms with E-state index >= 15 is 0 Å². The van der Waals surface area contributed by atoms with Crippen LogP contribution in [0.25, 0.3) is 33.4 Å². The molecule has 0 saturated carbocycles. The number of hydrogen-bond acceptors (Lipinski definition) is 15. The summed E-state index contributed by atoms with van der Waals surface area (Å²) in [5.41, 5.74) is 2.09. The molecule has 1 fully saturated rings.